The number of carbonyl (C=O) groups is 1. The van der Waals surface area contributed by atoms with Gasteiger partial charge in [0.05, 0.1) is 16.7 Å². The van der Waals surface area contributed by atoms with Gasteiger partial charge in [-0.25, -0.2) is 30.7 Å². The number of carbonyl (C=O) groups excluding carboxylic acids is 1. The van der Waals surface area contributed by atoms with Crippen molar-refractivity contribution in [3.05, 3.63) is 94.3 Å². The molecule has 0 bridgehead atoms. The summed E-state index contributed by atoms with van der Waals surface area (Å²) in [6, 6.07) is 6.26. The third kappa shape index (κ3) is 4.02. The lowest BCUT2D eigenvalue weighted by atomic mass is 9.96. The van der Waals surface area contributed by atoms with Crippen LogP contribution in [0, 0.1) is 29.1 Å². The van der Waals surface area contributed by atoms with Crippen LogP contribution in [-0.2, 0) is 5.79 Å². The Balaban J connectivity index is 1.58. The van der Waals surface area contributed by atoms with Gasteiger partial charge in [-0.3, -0.25) is 4.79 Å². The molecule has 5 rings (SSSR count). The van der Waals surface area contributed by atoms with E-state index in [1.807, 2.05) is 0 Å². The van der Waals surface area contributed by atoms with Gasteiger partial charge in [-0.1, -0.05) is 0 Å². The molecule has 11 heteroatoms. The van der Waals surface area contributed by atoms with Crippen LogP contribution in [0.3, 0.4) is 0 Å². The van der Waals surface area contributed by atoms with Crippen molar-refractivity contribution in [2.24, 2.45) is 0 Å². The van der Waals surface area contributed by atoms with Crippen molar-refractivity contribution >= 4 is 5.91 Å². The van der Waals surface area contributed by atoms with Gasteiger partial charge in [-0.2, -0.15) is 0 Å². The molecule has 3 aromatic carbocycles. The van der Waals surface area contributed by atoms with Gasteiger partial charge in [0.25, 0.3) is 11.8 Å². The highest BCUT2D eigenvalue weighted by Crippen LogP contribution is 2.50. The Morgan fingerprint density at radius 1 is 0.722 bits per heavy atom. The maximum absolute atomic E-state index is 14.9. The fourth-order valence-electron chi connectivity index (χ4n) is 4.27. The predicted octanol–water partition coefficient (Wildman–Crippen LogP) is 5.93. The molecule has 4 nitrogen and oxygen atoms in total. The fraction of sp³-hybridized carbons (Fsp3) is 0.240. The van der Waals surface area contributed by atoms with Gasteiger partial charge >= 0.3 is 5.79 Å². The average molecular weight is 511 g/mol. The van der Waals surface area contributed by atoms with E-state index in [2.05, 4.69) is 0 Å². The van der Waals surface area contributed by atoms with Gasteiger partial charge in [0.15, 0.2) is 11.5 Å². The number of rotatable bonds is 3. The Bertz CT molecular complexity index is 1320. The summed E-state index contributed by atoms with van der Waals surface area (Å²) in [6.07, 6.45) is -1.16. The van der Waals surface area contributed by atoms with E-state index in [0.717, 1.165) is 41.3 Å². The standard InChI is InChI=1S/C25H16F7NO3/c26-13-1-3-16(19(29)9-13)25(17-4-2-14(27)10-20(17)30)35-21-11-15(18(28)12-22(21)36-25)23(34)33-7-5-24(31,32)6-8-33/h1-4,9-12H,5-8H2. The Kier molecular flexibility index (Phi) is 5.60. The first kappa shape index (κ1) is 24.0. The van der Waals surface area contributed by atoms with Crippen LogP contribution in [0.4, 0.5) is 30.7 Å². The minimum Gasteiger partial charge on any atom is -0.440 e. The van der Waals surface area contributed by atoms with Gasteiger partial charge in [0, 0.05) is 44.1 Å². The van der Waals surface area contributed by atoms with Crippen LogP contribution >= 0.6 is 0 Å². The molecule has 0 aliphatic carbocycles. The van der Waals surface area contributed by atoms with Crippen molar-refractivity contribution < 1.29 is 45.0 Å². The van der Waals surface area contributed by atoms with E-state index in [1.165, 1.54) is 0 Å². The van der Waals surface area contributed by atoms with E-state index in [1.54, 1.807) is 0 Å². The van der Waals surface area contributed by atoms with Crippen molar-refractivity contribution in [2.45, 2.75) is 24.6 Å². The second-order valence-electron chi connectivity index (χ2n) is 8.50. The molecule has 2 heterocycles. The van der Waals surface area contributed by atoms with Crippen molar-refractivity contribution in [3.8, 4) is 11.5 Å². The SMILES string of the molecule is O=C(c1cc2c(cc1F)OC(c1ccc(F)cc1F)(c1ccc(F)cc1F)O2)N1CCC(F)(F)CC1. The lowest BCUT2D eigenvalue weighted by Gasteiger charge is -2.31. The normalized spacial score (nSPS) is 17.8. The topological polar surface area (TPSA) is 38.8 Å². The summed E-state index contributed by atoms with van der Waals surface area (Å²) in [5.41, 5.74) is -1.54. The molecule has 0 radical (unpaired) electrons. The highest BCUT2D eigenvalue weighted by molar-refractivity contribution is 5.95. The van der Waals surface area contributed by atoms with Crippen molar-refractivity contribution in [3.63, 3.8) is 0 Å². The molecule has 2 aliphatic heterocycles. The zero-order valence-corrected chi connectivity index (χ0v) is 18.3. The molecule has 188 valence electrons. The average Bonchev–Trinajstić information content (AvgIpc) is 3.16. The lowest BCUT2D eigenvalue weighted by molar-refractivity contribution is -0.0520. The quantitative estimate of drug-likeness (QED) is 0.410. The number of amides is 1. The smallest absolute Gasteiger partial charge is 0.311 e. The first-order valence-corrected chi connectivity index (χ1v) is 10.8. The molecule has 1 fully saturated rings. The maximum atomic E-state index is 14.9. The number of fused-ring (bicyclic) bond motifs is 1. The van der Waals surface area contributed by atoms with E-state index >= 15 is 0 Å². The van der Waals surface area contributed by atoms with Gasteiger partial charge in [-0.15, -0.1) is 0 Å². The molecule has 0 saturated carbocycles. The molecule has 2 aliphatic rings. The number of piperidine rings is 1. The molecule has 0 aromatic heterocycles. The second-order valence-corrected chi connectivity index (χ2v) is 8.50. The Morgan fingerprint density at radius 3 is 1.72 bits per heavy atom. The van der Waals surface area contributed by atoms with Crippen LogP contribution in [0.1, 0.15) is 34.3 Å². The molecule has 36 heavy (non-hydrogen) atoms. The number of alkyl halides is 2. The number of benzene rings is 3. The van der Waals surface area contributed by atoms with E-state index < -0.39 is 76.2 Å². The van der Waals surface area contributed by atoms with Crippen LogP contribution in [0.2, 0.25) is 0 Å². The summed E-state index contributed by atoms with van der Waals surface area (Å²) in [4.78, 5) is 13.9. The third-order valence-electron chi connectivity index (χ3n) is 6.12. The molecular formula is C25H16F7NO3. The minimum atomic E-state index is -2.93. The summed E-state index contributed by atoms with van der Waals surface area (Å²) in [6.45, 7) is -0.601. The molecule has 1 saturated heterocycles. The van der Waals surface area contributed by atoms with Crippen molar-refractivity contribution in [1.29, 1.82) is 0 Å². The first-order valence-electron chi connectivity index (χ1n) is 10.8. The number of nitrogens with zero attached hydrogens (tertiary/aromatic N) is 1. The summed E-state index contributed by atoms with van der Waals surface area (Å²) < 4.78 is 110. The zero-order valence-electron chi connectivity index (χ0n) is 18.3. The van der Waals surface area contributed by atoms with Crippen LogP contribution < -0.4 is 9.47 Å². The number of hydrogen-bond acceptors (Lipinski definition) is 3. The van der Waals surface area contributed by atoms with Crippen LogP contribution in [-0.4, -0.2) is 29.8 Å². The van der Waals surface area contributed by atoms with Gasteiger partial charge in [0.2, 0.25) is 0 Å². The van der Waals surface area contributed by atoms with E-state index in [0.29, 0.717) is 12.1 Å². The van der Waals surface area contributed by atoms with E-state index in [-0.39, 0.29) is 24.6 Å². The van der Waals surface area contributed by atoms with E-state index in [9.17, 15) is 35.5 Å². The van der Waals surface area contributed by atoms with Gasteiger partial charge in [0.1, 0.15) is 29.1 Å². The van der Waals surface area contributed by atoms with Crippen LogP contribution in [0.15, 0.2) is 48.5 Å². The van der Waals surface area contributed by atoms with Gasteiger partial charge < -0.3 is 14.4 Å². The lowest BCUT2D eigenvalue weighted by Crippen LogP contribution is -2.43. The number of likely N-dealkylation sites (tertiary alicyclic amines) is 1. The number of ether oxygens (including phenoxy) is 2. The third-order valence-corrected chi connectivity index (χ3v) is 6.12. The fourth-order valence-corrected chi connectivity index (χ4v) is 4.27. The number of hydrogen-bond donors (Lipinski definition) is 0. The summed E-state index contributed by atoms with van der Waals surface area (Å²) in [5, 5.41) is 0. The predicted molar refractivity (Wildman–Crippen MR) is 111 cm³/mol. The molecular weight excluding hydrogens is 495 g/mol. The Labute approximate surface area is 199 Å². The highest BCUT2D eigenvalue weighted by atomic mass is 19.3. The largest absolute Gasteiger partial charge is 0.440 e. The first-order chi connectivity index (χ1) is 17.0. The molecule has 0 N–H and O–H groups in total. The molecule has 0 spiro atoms. The zero-order chi connectivity index (χ0) is 25.8. The van der Waals surface area contributed by atoms with Crippen molar-refractivity contribution in [2.75, 3.05) is 13.1 Å². The molecule has 0 atom stereocenters. The molecule has 3 aromatic rings. The van der Waals surface area contributed by atoms with Gasteiger partial charge in [-0.05, 0) is 30.3 Å². The summed E-state index contributed by atoms with van der Waals surface area (Å²) in [7, 11) is 0. The van der Waals surface area contributed by atoms with Crippen LogP contribution in [0.5, 0.6) is 11.5 Å². The molecule has 1 amide bonds. The summed E-state index contributed by atoms with van der Waals surface area (Å²) >= 11 is 0. The van der Waals surface area contributed by atoms with Crippen molar-refractivity contribution in [1.82, 2.24) is 4.90 Å². The Hall–Kier alpha value is -3.76. The monoisotopic (exact) mass is 511 g/mol. The minimum absolute atomic E-state index is 0.297. The van der Waals surface area contributed by atoms with E-state index in [4.69, 9.17) is 9.47 Å². The maximum Gasteiger partial charge on any atom is 0.311 e. The Morgan fingerprint density at radius 2 is 1.22 bits per heavy atom. The molecule has 0 unspecified atom stereocenters. The summed E-state index contributed by atoms with van der Waals surface area (Å²) in [5.74, 6) is -12.3. The second kappa shape index (κ2) is 8.42. The number of halogens is 7. The highest BCUT2D eigenvalue weighted by Gasteiger charge is 2.50. The van der Waals surface area contributed by atoms with Crippen LogP contribution in [0.25, 0.3) is 0 Å².